The highest BCUT2D eigenvalue weighted by atomic mass is 127. The summed E-state index contributed by atoms with van der Waals surface area (Å²) in [6.07, 6.45) is 0. The van der Waals surface area contributed by atoms with E-state index >= 15 is 0 Å². The molecule has 2 N–H and O–H groups in total. The van der Waals surface area contributed by atoms with Crippen LogP contribution in [-0.4, -0.2) is 64.2 Å². The number of aliphatic imine (C=N–C) groups is 1. The Kier molecular flexibility index (Phi) is 13.2. The van der Waals surface area contributed by atoms with E-state index in [1.807, 2.05) is 6.92 Å². The largest absolute Gasteiger partial charge is 0.383 e. The molecule has 0 aliphatic rings. The van der Waals surface area contributed by atoms with Crippen LogP contribution in [0.4, 0.5) is 0 Å². The fourth-order valence-electron chi connectivity index (χ4n) is 0.901. The van der Waals surface area contributed by atoms with Crippen LogP contribution in [0.3, 0.4) is 0 Å². The first-order valence-corrected chi connectivity index (χ1v) is 5.33. The van der Waals surface area contributed by atoms with E-state index in [-0.39, 0.29) is 36.4 Å². The first kappa shape index (κ1) is 18.8. The van der Waals surface area contributed by atoms with Crippen molar-refractivity contribution in [1.82, 2.24) is 15.5 Å². The third kappa shape index (κ3) is 10.3. The summed E-state index contributed by atoms with van der Waals surface area (Å²) in [5.41, 5.74) is 0. The number of hydrogen-bond donors (Lipinski definition) is 2. The zero-order chi connectivity index (χ0) is 12.4. The molecule has 17 heavy (non-hydrogen) atoms. The molecule has 0 bridgehead atoms. The summed E-state index contributed by atoms with van der Waals surface area (Å²) >= 11 is 0. The van der Waals surface area contributed by atoms with Crippen LogP contribution in [0.25, 0.3) is 0 Å². The molecule has 0 unspecified atom stereocenters. The monoisotopic (exact) mass is 358 g/mol. The molecule has 0 saturated carbocycles. The maximum Gasteiger partial charge on any atom is 0.243 e. The van der Waals surface area contributed by atoms with E-state index in [1.54, 1.807) is 21.2 Å². The highest BCUT2D eigenvalue weighted by Crippen LogP contribution is 1.81. The van der Waals surface area contributed by atoms with Crippen molar-refractivity contribution >= 4 is 35.8 Å². The Hall–Kier alpha value is -0.570. The van der Waals surface area contributed by atoms with Crippen molar-refractivity contribution < 1.29 is 9.53 Å². The van der Waals surface area contributed by atoms with Crippen LogP contribution in [0, 0.1) is 0 Å². The van der Waals surface area contributed by atoms with E-state index in [4.69, 9.17) is 4.74 Å². The van der Waals surface area contributed by atoms with Crippen LogP contribution < -0.4 is 10.6 Å². The third-order valence-corrected chi connectivity index (χ3v) is 1.81. The number of amides is 1. The minimum atomic E-state index is -0.0241. The summed E-state index contributed by atoms with van der Waals surface area (Å²) in [6, 6.07) is 0. The van der Waals surface area contributed by atoms with Gasteiger partial charge in [-0.25, -0.2) is 4.99 Å². The van der Waals surface area contributed by atoms with Gasteiger partial charge in [0.2, 0.25) is 5.91 Å². The van der Waals surface area contributed by atoms with Crippen LogP contribution >= 0.6 is 24.0 Å². The number of nitrogens with one attached hydrogen (secondary N) is 2. The first-order valence-electron chi connectivity index (χ1n) is 5.33. The van der Waals surface area contributed by atoms with Gasteiger partial charge in [-0.1, -0.05) is 0 Å². The molecular weight excluding hydrogens is 335 g/mol. The molecule has 102 valence electrons. The van der Waals surface area contributed by atoms with E-state index in [9.17, 15) is 4.79 Å². The number of ether oxygens (including phenoxy) is 1. The van der Waals surface area contributed by atoms with Crippen molar-refractivity contribution in [3.63, 3.8) is 0 Å². The van der Waals surface area contributed by atoms with Crippen molar-refractivity contribution in [3.05, 3.63) is 0 Å². The van der Waals surface area contributed by atoms with Gasteiger partial charge in [-0.3, -0.25) is 4.79 Å². The van der Waals surface area contributed by atoms with E-state index < -0.39 is 0 Å². The molecule has 0 fully saturated rings. The Bertz CT molecular complexity index is 234. The van der Waals surface area contributed by atoms with Gasteiger partial charge in [0.1, 0.15) is 6.54 Å². The zero-order valence-corrected chi connectivity index (χ0v) is 13.3. The average molecular weight is 358 g/mol. The number of carbonyl (C=O) groups is 1. The molecule has 0 aromatic rings. The molecule has 0 spiro atoms. The van der Waals surface area contributed by atoms with Gasteiger partial charge in [0, 0.05) is 34.3 Å². The Balaban J connectivity index is 0. The van der Waals surface area contributed by atoms with Gasteiger partial charge in [-0.2, -0.15) is 0 Å². The molecule has 7 heteroatoms. The van der Waals surface area contributed by atoms with Crippen molar-refractivity contribution in [2.24, 2.45) is 4.99 Å². The van der Waals surface area contributed by atoms with Gasteiger partial charge in [0.05, 0.1) is 6.61 Å². The third-order valence-electron chi connectivity index (χ3n) is 1.81. The SMILES string of the molecule is CCNC(=NCC(=O)N(C)C)NCCOC.I. The van der Waals surface area contributed by atoms with Gasteiger partial charge in [0.15, 0.2) is 5.96 Å². The summed E-state index contributed by atoms with van der Waals surface area (Å²) in [4.78, 5) is 17.0. The second-order valence-corrected chi connectivity index (χ2v) is 3.40. The van der Waals surface area contributed by atoms with Crippen molar-refractivity contribution in [2.75, 3.05) is 47.4 Å². The first-order chi connectivity index (χ1) is 7.61. The quantitative estimate of drug-likeness (QED) is 0.301. The van der Waals surface area contributed by atoms with Crippen molar-refractivity contribution in [2.45, 2.75) is 6.92 Å². The van der Waals surface area contributed by atoms with Crippen LogP contribution in [0.2, 0.25) is 0 Å². The Labute approximate surface area is 120 Å². The topological polar surface area (TPSA) is 66.0 Å². The van der Waals surface area contributed by atoms with Gasteiger partial charge < -0.3 is 20.3 Å². The lowest BCUT2D eigenvalue weighted by Crippen LogP contribution is -2.39. The summed E-state index contributed by atoms with van der Waals surface area (Å²) in [5, 5.41) is 6.11. The molecule has 0 heterocycles. The Morgan fingerprint density at radius 3 is 2.47 bits per heavy atom. The minimum absolute atomic E-state index is 0. The smallest absolute Gasteiger partial charge is 0.243 e. The second-order valence-electron chi connectivity index (χ2n) is 3.40. The summed E-state index contributed by atoms with van der Waals surface area (Å²) in [7, 11) is 5.06. The predicted octanol–water partition coefficient (Wildman–Crippen LogP) is -0.106. The van der Waals surface area contributed by atoms with Gasteiger partial charge >= 0.3 is 0 Å². The molecule has 0 aliphatic carbocycles. The predicted molar refractivity (Wildman–Crippen MR) is 80.0 cm³/mol. The van der Waals surface area contributed by atoms with Crippen LogP contribution in [-0.2, 0) is 9.53 Å². The number of nitrogens with zero attached hydrogens (tertiary/aromatic N) is 2. The molecule has 0 aromatic carbocycles. The van der Waals surface area contributed by atoms with Crippen LogP contribution in [0.15, 0.2) is 4.99 Å². The number of carbonyl (C=O) groups excluding carboxylic acids is 1. The maximum atomic E-state index is 11.3. The fraction of sp³-hybridized carbons (Fsp3) is 0.800. The molecule has 0 aliphatic heterocycles. The Morgan fingerprint density at radius 2 is 2.00 bits per heavy atom. The van der Waals surface area contributed by atoms with E-state index in [1.165, 1.54) is 4.90 Å². The summed E-state index contributed by atoms with van der Waals surface area (Å²) in [6.45, 7) is 4.15. The molecule has 0 radical (unpaired) electrons. The summed E-state index contributed by atoms with van der Waals surface area (Å²) < 4.78 is 4.91. The molecular formula is C10H23IN4O2. The lowest BCUT2D eigenvalue weighted by Gasteiger charge is -2.12. The van der Waals surface area contributed by atoms with E-state index in [0.717, 1.165) is 6.54 Å². The average Bonchev–Trinajstić information content (AvgIpc) is 2.25. The minimum Gasteiger partial charge on any atom is -0.383 e. The van der Waals surface area contributed by atoms with Gasteiger partial charge in [-0.05, 0) is 6.92 Å². The fourth-order valence-corrected chi connectivity index (χ4v) is 0.901. The normalized spacial score (nSPS) is 10.5. The lowest BCUT2D eigenvalue weighted by atomic mass is 10.5. The maximum absolute atomic E-state index is 11.3. The van der Waals surface area contributed by atoms with Crippen LogP contribution in [0.5, 0.6) is 0 Å². The lowest BCUT2D eigenvalue weighted by molar-refractivity contribution is -0.127. The molecule has 0 aromatic heterocycles. The molecule has 0 rings (SSSR count). The summed E-state index contributed by atoms with van der Waals surface area (Å²) in [5.74, 6) is 0.610. The number of guanidine groups is 1. The Morgan fingerprint density at radius 1 is 1.35 bits per heavy atom. The van der Waals surface area contributed by atoms with Crippen molar-refractivity contribution in [1.29, 1.82) is 0 Å². The molecule has 0 atom stereocenters. The molecule has 6 nitrogen and oxygen atoms in total. The van der Waals surface area contributed by atoms with E-state index in [2.05, 4.69) is 15.6 Å². The zero-order valence-electron chi connectivity index (χ0n) is 10.9. The second kappa shape index (κ2) is 11.9. The van der Waals surface area contributed by atoms with Gasteiger partial charge in [0.25, 0.3) is 0 Å². The highest BCUT2D eigenvalue weighted by Gasteiger charge is 2.03. The highest BCUT2D eigenvalue weighted by molar-refractivity contribution is 14.0. The van der Waals surface area contributed by atoms with Crippen LogP contribution in [0.1, 0.15) is 6.92 Å². The van der Waals surface area contributed by atoms with Crippen molar-refractivity contribution in [3.8, 4) is 0 Å². The number of methoxy groups -OCH3 is 1. The number of hydrogen-bond acceptors (Lipinski definition) is 3. The standard InChI is InChI=1S/C10H22N4O2.HI/c1-5-11-10(12-6-7-16-4)13-8-9(15)14(2)3;/h5-8H2,1-4H3,(H2,11,12,13);1H. The van der Waals surface area contributed by atoms with Gasteiger partial charge in [-0.15, -0.1) is 24.0 Å². The number of rotatable bonds is 6. The number of likely N-dealkylation sites (N-methyl/N-ethyl adjacent to an activating group) is 1. The molecule has 0 saturated heterocycles. The number of halogens is 1. The molecule has 1 amide bonds. The van der Waals surface area contributed by atoms with E-state index in [0.29, 0.717) is 19.1 Å².